The van der Waals surface area contributed by atoms with E-state index in [2.05, 4.69) is 39.5 Å². The number of allylic oxidation sites excluding steroid dienone is 1. The molecule has 0 bridgehead atoms. The maximum absolute atomic E-state index is 12.9. The number of benzene rings is 1. The van der Waals surface area contributed by atoms with E-state index in [0.29, 0.717) is 0 Å². The summed E-state index contributed by atoms with van der Waals surface area (Å²) in [6.07, 6.45) is 0. The van der Waals surface area contributed by atoms with Crippen molar-refractivity contribution in [2.45, 2.75) is 39.0 Å². The van der Waals surface area contributed by atoms with E-state index in [9.17, 15) is 4.39 Å². The number of hydrogen-bond acceptors (Lipinski definition) is 0. The molecule has 0 saturated carbocycles. The van der Waals surface area contributed by atoms with Crippen molar-refractivity contribution in [3.63, 3.8) is 0 Å². The zero-order chi connectivity index (χ0) is 11.6. The smallest absolute Gasteiger partial charge is 0.0999 e. The lowest BCUT2D eigenvalue weighted by molar-refractivity contribution is 0.567. The van der Waals surface area contributed by atoms with Gasteiger partial charge in [0.25, 0.3) is 0 Å². The Morgan fingerprint density at radius 2 is 1.67 bits per heavy atom. The quantitative estimate of drug-likeness (QED) is 0.665. The Balaban J connectivity index is 2.95. The van der Waals surface area contributed by atoms with Gasteiger partial charge in [-0.1, -0.05) is 58.5 Å². The van der Waals surface area contributed by atoms with E-state index in [-0.39, 0.29) is 17.2 Å². The molecule has 0 spiro atoms. The summed E-state index contributed by atoms with van der Waals surface area (Å²) >= 11 is 0. The minimum Gasteiger partial charge on any atom is -0.212 e. The number of halogens is 1. The molecule has 1 heteroatoms. The van der Waals surface area contributed by atoms with Gasteiger partial charge in [-0.25, -0.2) is 4.39 Å². The molecule has 0 N–H and O–H groups in total. The van der Waals surface area contributed by atoms with Crippen LogP contribution in [0.25, 0.3) is 0 Å². The van der Waals surface area contributed by atoms with Crippen LogP contribution in [0, 0.1) is 0 Å². The zero-order valence-electron chi connectivity index (χ0n) is 9.97. The van der Waals surface area contributed by atoms with Crippen LogP contribution >= 0.6 is 0 Å². The van der Waals surface area contributed by atoms with Crippen LogP contribution in [0.3, 0.4) is 0 Å². The first kappa shape index (κ1) is 12.0. The lowest BCUT2D eigenvalue weighted by Gasteiger charge is -2.20. The highest BCUT2D eigenvalue weighted by Crippen LogP contribution is 2.27. The largest absolute Gasteiger partial charge is 0.212 e. The average Bonchev–Trinajstić information content (AvgIpc) is 2.15. The normalized spacial score (nSPS) is 13.7. The Morgan fingerprint density at radius 3 is 2.00 bits per heavy atom. The molecule has 0 amide bonds. The summed E-state index contributed by atoms with van der Waals surface area (Å²) < 4.78 is 12.9. The molecule has 1 unspecified atom stereocenters. The zero-order valence-corrected chi connectivity index (χ0v) is 9.97. The summed E-state index contributed by atoms with van der Waals surface area (Å²) in [4.78, 5) is 0. The van der Waals surface area contributed by atoms with Crippen LogP contribution in [0.5, 0.6) is 0 Å². The molecular weight excluding hydrogens is 187 g/mol. The van der Waals surface area contributed by atoms with Crippen molar-refractivity contribution < 1.29 is 4.39 Å². The molecule has 0 aliphatic carbocycles. The SMILES string of the molecule is C=C(F)C(C)c1ccc(C(C)(C)C)cc1. The Bertz CT molecular complexity index is 341. The molecule has 0 aromatic heterocycles. The van der Waals surface area contributed by atoms with E-state index >= 15 is 0 Å². The van der Waals surface area contributed by atoms with Crippen molar-refractivity contribution in [2.24, 2.45) is 0 Å². The maximum Gasteiger partial charge on any atom is 0.0999 e. The Kier molecular flexibility index (Phi) is 3.33. The summed E-state index contributed by atoms with van der Waals surface area (Å²) in [6, 6.07) is 8.09. The second kappa shape index (κ2) is 4.18. The van der Waals surface area contributed by atoms with Crippen molar-refractivity contribution in [1.29, 1.82) is 0 Å². The summed E-state index contributed by atoms with van der Waals surface area (Å²) in [5, 5.41) is 0. The van der Waals surface area contributed by atoms with E-state index in [1.807, 2.05) is 19.1 Å². The van der Waals surface area contributed by atoms with E-state index in [1.54, 1.807) is 0 Å². The number of rotatable bonds is 2. The molecular formula is C14H19F. The highest BCUT2D eigenvalue weighted by Gasteiger charge is 2.14. The standard InChI is InChI=1S/C14H19F/c1-10(11(2)15)12-6-8-13(9-7-12)14(3,4)5/h6-10H,2H2,1,3-5H3. The molecule has 0 saturated heterocycles. The lowest BCUT2D eigenvalue weighted by atomic mass is 9.85. The van der Waals surface area contributed by atoms with Crippen molar-refractivity contribution in [3.05, 3.63) is 47.8 Å². The van der Waals surface area contributed by atoms with Gasteiger partial charge < -0.3 is 0 Å². The van der Waals surface area contributed by atoms with Gasteiger partial charge in [0.15, 0.2) is 0 Å². The molecule has 0 radical (unpaired) electrons. The van der Waals surface area contributed by atoms with Crippen LogP contribution in [-0.4, -0.2) is 0 Å². The predicted octanol–water partition coefficient (Wildman–Crippen LogP) is 4.57. The van der Waals surface area contributed by atoms with Crippen molar-refractivity contribution in [2.75, 3.05) is 0 Å². The monoisotopic (exact) mass is 206 g/mol. The molecule has 1 aromatic carbocycles. The summed E-state index contributed by atoms with van der Waals surface area (Å²) in [7, 11) is 0. The second-order valence-corrected chi connectivity index (χ2v) is 5.04. The summed E-state index contributed by atoms with van der Waals surface area (Å²) in [5.74, 6) is -0.488. The molecule has 0 heterocycles. The van der Waals surface area contributed by atoms with Crippen LogP contribution in [0.15, 0.2) is 36.7 Å². The fourth-order valence-electron chi connectivity index (χ4n) is 1.45. The minimum absolute atomic E-state index is 0.147. The average molecular weight is 206 g/mol. The Morgan fingerprint density at radius 1 is 1.20 bits per heavy atom. The predicted molar refractivity (Wildman–Crippen MR) is 63.8 cm³/mol. The van der Waals surface area contributed by atoms with Gasteiger partial charge in [-0.15, -0.1) is 0 Å². The first-order valence-corrected chi connectivity index (χ1v) is 5.27. The summed E-state index contributed by atoms with van der Waals surface area (Å²) in [5.41, 5.74) is 2.40. The van der Waals surface area contributed by atoms with Gasteiger partial charge in [0, 0.05) is 5.92 Å². The highest BCUT2D eigenvalue weighted by molar-refractivity contribution is 5.31. The van der Waals surface area contributed by atoms with Crippen molar-refractivity contribution in [1.82, 2.24) is 0 Å². The van der Waals surface area contributed by atoms with Crippen LogP contribution < -0.4 is 0 Å². The third kappa shape index (κ3) is 2.92. The van der Waals surface area contributed by atoms with Gasteiger partial charge in [0.1, 0.15) is 0 Å². The Labute approximate surface area is 91.8 Å². The fraction of sp³-hybridized carbons (Fsp3) is 0.429. The van der Waals surface area contributed by atoms with Gasteiger partial charge in [-0.2, -0.15) is 0 Å². The van der Waals surface area contributed by atoms with E-state index in [0.717, 1.165) is 5.56 Å². The molecule has 0 nitrogen and oxygen atoms in total. The third-order valence-corrected chi connectivity index (χ3v) is 2.75. The number of hydrogen-bond donors (Lipinski definition) is 0. The molecule has 1 rings (SSSR count). The lowest BCUT2D eigenvalue weighted by Crippen LogP contribution is -2.10. The van der Waals surface area contributed by atoms with E-state index in [4.69, 9.17) is 0 Å². The molecule has 1 aromatic rings. The summed E-state index contributed by atoms with van der Waals surface area (Å²) in [6.45, 7) is 11.7. The second-order valence-electron chi connectivity index (χ2n) is 5.04. The van der Waals surface area contributed by atoms with Crippen LogP contribution in [0.4, 0.5) is 4.39 Å². The van der Waals surface area contributed by atoms with E-state index in [1.165, 1.54) is 5.56 Å². The fourth-order valence-corrected chi connectivity index (χ4v) is 1.45. The van der Waals surface area contributed by atoms with Crippen LogP contribution in [0.1, 0.15) is 44.7 Å². The topological polar surface area (TPSA) is 0 Å². The molecule has 1 atom stereocenters. The van der Waals surface area contributed by atoms with Crippen LogP contribution in [0.2, 0.25) is 0 Å². The first-order chi connectivity index (χ1) is 6.82. The van der Waals surface area contributed by atoms with Gasteiger partial charge in [-0.05, 0) is 16.5 Å². The molecule has 0 fully saturated rings. The van der Waals surface area contributed by atoms with Crippen molar-refractivity contribution >= 4 is 0 Å². The minimum atomic E-state index is -0.279. The molecule has 15 heavy (non-hydrogen) atoms. The van der Waals surface area contributed by atoms with E-state index < -0.39 is 0 Å². The van der Waals surface area contributed by atoms with Crippen LogP contribution in [-0.2, 0) is 5.41 Å². The first-order valence-electron chi connectivity index (χ1n) is 5.27. The Hall–Kier alpha value is -1.11. The van der Waals surface area contributed by atoms with Gasteiger partial charge >= 0.3 is 0 Å². The highest BCUT2D eigenvalue weighted by atomic mass is 19.1. The van der Waals surface area contributed by atoms with Gasteiger partial charge in [0.05, 0.1) is 5.83 Å². The maximum atomic E-state index is 12.9. The van der Waals surface area contributed by atoms with Gasteiger partial charge in [0.2, 0.25) is 0 Å². The molecule has 0 aliphatic heterocycles. The third-order valence-electron chi connectivity index (χ3n) is 2.75. The molecule has 82 valence electrons. The molecule has 0 aliphatic rings. The van der Waals surface area contributed by atoms with Crippen molar-refractivity contribution in [3.8, 4) is 0 Å². The van der Waals surface area contributed by atoms with Gasteiger partial charge in [-0.3, -0.25) is 0 Å².